The molecule has 7 heteroatoms. The van der Waals surface area contributed by atoms with E-state index in [1.807, 2.05) is 0 Å². The van der Waals surface area contributed by atoms with E-state index >= 15 is 0 Å². The van der Waals surface area contributed by atoms with Gasteiger partial charge in [-0.25, -0.2) is 9.78 Å². The Bertz CT molecular complexity index is 438. The number of nitrogens with two attached hydrogens (primary N) is 1. The summed E-state index contributed by atoms with van der Waals surface area (Å²) in [6, 6.07) is -0.849. The van der Waals surface area contributed by atoms with Crippen molar-refractivity contribution in [3.8, 4) is 0 Å². The van der Waals surface area contributed by atoms with Crippen molar-refractivity contribution in [3.63, 3.8) is 0 Å². The molecular formula is C16H28N3NaO3. The molecule has 3 N–H and O–H groups in total. The van der Waals surface area contributed by atoms with E-state index in [1.165, 1.54) is 32.0 Å². The number of nitrogens with one attached hydrogen (secondary N) is 1. The van der Waals surface area contributed by atoms with Gasteiger partial charge in [-0.2, -0.15) is 0 Å². The van der Waals surface area contributed by atoms with Crippen LogP contribution in [0.25, 0.3) is 0 Å². The van der Waals surface area contributed by atoms with Gasteiger partial charge in [-0.3, -0.25) is 4.79 Å². The molecule has 0 spiro atoms. The summed E-state index contributed by atoms with van der Waals surface area (Å²) in [6.45, 7) is 2.18. The van der Waals surface area contributed by atoms with Gasteiger partial charge in [0.05, 0.1) is 6.33 Å². The Morgan fingerprint density at radius 1 is 1.22 bits per heavy atom. The fourth-order valence-corrected chi connectivity index (χ4v) is 2.18. The summed E-state index contributed by atoms with van der Waals surface area (Å²) in [5.41, 5.74) is 6.44. The Balaban J connectivity index is 0.00000484. The molecular weight excluding hydrogens is 305 g/mol. The molecule has 0 aromatic carbocycles. The average Bonchev–Trinajstić information content (AvgIpc) is 2.99. The zero-order chi connectivity index (χ0) is 16.2. The number of hydrogen-bond donors (Lipinski definition) is 2. The number of aromatic amines is 1. The van der Waals surface area contributed by atoms with Crippen LogP contribution in [0.3, 0.4) is 0 Å². The van der Waals surface area contributed by atoms with Gasteiger partial charge in [0.1, 0.15) is 6.04 Å². The number of unbranched alkanes of at least 4 members (excludes halogenated alkanes) is 6. The van der Waals surface area contributed by atoms with E-state index in [2.05, 4.69) is 16.9 Å². The minimum absolute atomic E-state index is 0. The first-order chi connectivity index (χ1) is 10.6. The second-order valence-electron chi connectivity index (χ2n) is 5.55. The number of ether oxygens (including phenoxy) is 1. The normalized spacial score (nSPS) is 11.6. The Morgan fingerprint density at radius 3 is 2.48 bits per heavy atom. The number of imidazole rings is 1. The van der Waals surface area contributed by atoms with Crippen LogP contribution in [0.2, 0.25) is 0 Å². The zero-order valence-corrected chi connectivity index (χ0v) is 13.3. The number of nitrogens with zero attached hydrogens (tertiary/aromatic N) is 1. The Kier molecular flexibility index (Phi) is 13.3. The molecule has 0 aliphatic carbocycles. The maximum atomic E-state index is 11.7. The summed E-state index contributed by atoms with van der Waals surface area (Å²) in [7, 11) is 0. The van der Waals surface area contributed by atoms with Crippen molar-refractivity contribution in [2.75, 3.05) is 0 Å². The van der Waals surface area contributed by atoms with Gasteiger partial charge in [-0.1, -0.05) is 45.4 Å². The third-order valence-corrected chi connectivity index (χ3v) is 3.50. The first-order valence-electron chi connectivity index (χ1n) is 8.10. The molecule has 0 unspecified atom stereocenters. The van der Waals surface area contributed by atoms with Gasteiger partial charge in [0.25, 0.3) is 0 Å². The van der Waals surface area contributed by atoms with Gasteiger partial charge in [0.15, 0.2) is 0 Å². The summed E-state index contributed by atoms with van der Waals surface area (Å²) in [6.07, 6.45) is 11.5. The maximum absolute atomic E-state index is 11.7. The van der Waals surface area contributed by atoms with Crippen LogP contribution in [-0.4, -0.2) is 57.5 Å². The van der Waals surface area contributed by atoms with E-state index in [9.17, 15) is 9.59 Å². The molecule has 0 aliphatic rings. The monoisotopic (exact) mass is 333 g/mol. The molecule has 0 bridgehead atoms. The minimum atomic E-state index is -0.849. The van der Waals surface area contributed by atoms with Gasteiger partial charge in [-0.15, -0.1) is 0 Å². The fraction of sp³-hybridized carbons (Fsp3) is 0.688. The molecule has 1 heterocycles. The van der Waals surface area contributed by atoms with Crippen molar-refractivity contribution in [2.45, 2.75) is 70.8 Å². The first kappa shape index (κ1) is 22.3. The van der Waals surface area contributed by atoms with E-state index < -0.39 is 18.0 Å². The van der Waals surface area contributed by atoms with Crippen molar-refractivity contribution in [3.05, 3.63) is 18.2 Å². The molecule has 1 atom stereocenters. The molecule has 126 valence electrons. The van der Waals surface area contributed by atoms with Crippen LogP contribution in [0, 0.1) is 0 Å². The van der Waals surface area contributed by atoms with Crippen molar-refractivity contribution in [2.24, 2.45) is 5.73 Å². The Labute approximate surface area is 160 Å². The molecule has 23 heavy (non-hydrogen) atoms. The third kappa shape index (κ3) is 10.7. The SMILES string of the molecule is CCCCCCCCCC(=O)OC(=O)[C@@H](N)Cc1cnc[nH]1.[NaH]. The van der Waals surface area contributed by atoms with E-state index in [0.717, 1.165) is 25.0 Å². The van der Waals surface area contributed by atoms with Crippen LogP contribution in [0.4, 0.5) is 0 Å². The summed E-state index contributed by atoms with van der Waals surface area (Å²) >= 11 is 0. The van der Waals surface area contributed by atoms with Crippen LogP contribution in [-0.2, 0) is 20.7 Å². The fourth-order valence-electron chi connectivity index (χ4n) is 2.18. The summed E-state index contributed by atoms with van der Waals surface area (Å²) < 4.78 is 4.77. The third-order valence-electron chi connectivity index (χ3n) is 3.50. The molecule has 0 radical (unpaired) electrons. The molecule has 0 saturated heterocycles. The van der Waals surface area contributed by atoms with Crippen molar-refractivity contribution < 1.29 is 14.3 Å². The molecule has 1 aromatic heterocycles. The molecule has 0 amide bonds. The Morgan fingerprint density at radius 2 is 1.87 bits per heavy atom. The number of hydrogen-bond acceptors (Lipinski definition) is 5. The molecule has 0 aliphatic heterocycles. The van der Waals surface area contributed by atoms with E-state index in [4.69, 9.17) is 10.5 Å². The quantitative estimate of drug-likeness (QED) is 0.279. The second kappa shape index (κ2) is 13.7. The predicted molar refractivity (Wildman–Crippen MR) is 91.1 cm³/mol. The standard InChI is InChI=1S/C16H27N3O3.Na.H/c1-2-3-4-5-6-7-8-9-15(20)22-16(21)14(17)10-13-11-18-12-19-13;;/h11-12,14H,2-10,17H2,1H3,(H,18,19);;/t14-;;/m0../s1. The Hall–Kier alpha value is -0.690. The summed E-state index contributed by atoms with van der Waals surface area (Å²) in [5, 5.41) is 0. The second-order valence-corrected chi connectivity index (χ2v) is 5.55. The molecule has 0 fully saturated rings. The van der Waals surface area contributed by atoms with Gasteiger partial charge in [-0.05, 0) is 6.42 Å². The van der Waals surface area contributed by atoms with Gasteiger partial charge in [0, 0.05) is 24.7 Å². The molecule has 6 nitrogen and oxygen atoms in total. The van der Waals surface area contributed by atoms with Crippen LogP contribution in [0.1, 0.15) is 64.0 Å². The predicted octanol–water partition coefficient (Wildman–Crippen LogP) is 1.84. The summed E-state index contributed by atoms with van der Waals surface area (Å²) in [4.78, 5) is 30.0. The summed E-state index contributed by atoms with van der Waals surface area (Å²) in [5.74, 6) is -1.17. The number of aromatic nitrogens is 2. The number of rotatable bonds is 11. The number of carbonyl (C=O) groups is 2. The van der Waals surface area contributed by atoms with Gasteiger partial charge in [0.2, 0.25) is 0 Å². The topological polar surface area (TPSA) is 98.1 Å². The van der Waals surface area contributed by atoms with E-state index in [-0.39, 0.29) is 42.4 Å². The van der Waals surface area contributed by atoms with E-state index in [1.54, 1.807) is 6.20 Å². The van der Waals surface area contributed by atoms with Gasteiger partial charge >= 0.3 is 41.5 Å². The van der Waals surface area contributed by atoms with Crippen LogP contribution >= 0.6 is 0 Å². The van der Waals surface area contributed by atoms with Crippen LogP contribution < -0.4 is 5.73 Å². The molecule has 1 rings (SSSR count). The zero-order valence-electron chi connectivity index (χ0n) is 13.3. The van der Waals surface area contributed by atoms with Crippen molar-refractivity contribution >= 4 is 41.5 Å². The average molecular weight is 333 g/mol. The van der Waals surface area contributed by atoms with Crippen molar-refractivity contribution in [1.82, 2.24) is 9.97 Å². The van der Waals surface area contributed by atoms with Crippen LogP contribution in [0.15, 0.2) is 12.5 Å². The first-order valence-corrected chi connectivity index (χ1v) is 8.10. The molecule has 1 aromatic rings. The van der Waals surface area contributed by atoms with E-state index in [0.29, 0.717) is 0 Å². The van der Waals surface area contributed by atoms with Crippen LogP contribution in [0.5, 0.6) is 0 Å². The number of H-pyrrole nitrogens is 1. The number of carbonyl (C=O) groups excluding carboxylic acids is 2. The van der Waals surface area contributed by atoms with Gasteiger partial charge < -0.3 is 15.5 Å². The number of esters is 2. The molecule has 0 saturated carbocycles. The van der Waals surface area contributed by atoms with Crippen molar-refractivity contribution in [1.29, 1.82) is 0 Å².